The van der Waals surface area contributed by atoms with Crippen LogP contribution < -0.4 is 36.4 Å². The van der Waals surface area contributed by atoms with E-state index in [0.717, 1.165) is 4.57 Å². The Morgan fingerprint density at radius 1 is 1.07 bits per heavy atom. The van der Waals surface area contributed by atoms with E-state index >= 15 is 0 Å². The molecular formula is C29H46N5O11P. The van der Waals surface area contributed by atoms with Gasteiger partial charge in [-0.05, 0) is 26.0 Å². The summed E-state index contributed by atoms with van der Waals surface area (Å²) in [5.74, 6) is 1.20. The zero-order valence-electron chi connectivity index (χ0n) is 26.9. The molecule has 0 spiro atoms. The lowest BCUT2D eigenvalue weighted by Crippen LogP contribution is -2.52. The summed E-state index contributed by atoms with van der Waals surface area (Å²) in [7, 11) is -4.02. The van der Waals surface area contributed by atoms with Crippen molar-refractivity contribution in [2.75, 3.05) is 71.3 Å². The Hall–Kier alpha value is -3.08. The Balaban J connectivity index is 1.29. The number of quaternary nitrogens is 1. The van der Waals surface area contributed by atoms with E-state index in [0.29, 0.717) is 49.3 Å². The summed E-state index contributed by atoms with van der Waals surface area (Å²) in [6.07, 6.45) is 0.617. The first-order chi connectivity index (χ1) is 22.0. The lowest BCUT2D eigenvalue weighted by molar-refractivity contribution is -0.370. The van der Waals surface area contributed by atoms with Crippen LogP contribution in [0.25, 0.3) is 0 Å². The monoisotopic (exact) mass is 671 g/mol. The van der Waals surface area contributed by atoms with Crippen molar-refractivity contribution in [3.63, 3.8) is 0 Å². The number of carbonyl (C=O) groups is 1. The number of fused-ring (bicyclic) bond motifs is 2. The van der Waals surface area contributed by atoms with Gasteiger partial charge in [0.25, 0.3) is 0 Å². The summed E-state index contributed by atoms with van der Waals surface area (Å²) >= 11 is 0. The maximum absolute atomic E-state index is 12.6. The highest BCUT2D eigenvalue weighted by Gasteiger charge is 2.24. The van der Waals surface area contributed by atoms with Crippen molar-refractivity contribution in [1.82, 2.24) is 14.9 Å². The van der Waals surface area contributed by atoms with Gasteiger partial charge in [-0.25, -0.2) is 4.79 Å². The van der Waals surface area contributed by atoms with Crippen molar-refractivity contribution in [2.45, 2.75) is 52.1 Å². The normalized spacial score (nSPS) is 14.2. The molecule has 17 heteroatoms. The van der Waals surface area contributed by atoms with Crippen LogP contribution in [0.4, 0.5) is 11.5 Å². The topological polar surface area (TPSA) is 208 Å². The average molecular weight is 672 g/mol. The van der Waals surface area contributed by atoms with E-state index in [-0.39, 0.29) is 58.0 Å². The third-order valence-corrected chi connectivity index (χ3v) is 8.14. The molecule has 2 atom stereocenters. The first-order valence-electron chi connectivity index (χ1n) is 15.2. The summed E-state index contributed by atoms with van der Waals surface area (Å²) in [5.41, 5.74) is 3.06. The molecule has 2 aromatic rings. The molecule has 5 N–H and O–H groups in total. The van der Waals surface area contributed by atoms with Gasteiger partial charge in [-0.15, -0.1) is 0 Å². The minimum absolute atomic E-state index is 0.0460. The molecule has 0 bridgehead atoms. The molecule has 1 aromatic carbocycles. The third kappa shape index (κ3) is 12.3. The number of para-hydroxylation sites is 1. The predicted octanol–water partition coefficient (Wildman–Crippen LogP) is 0.651. The van der Waals surface area contributed by atoms with Crippen molar-refractivity contribution in [3.05, 3.63) is 34.9 Å². The zero-order chi connectivity index (χ0) is 33.5. The average Bonchev–Trinajstić information content (AvgIpc) is 3.00. The molecule has 2 heterocycles. The smallest absolute Gasteiger partial charge is 0.350 e. The van der Waals surface area contributed by atoms with Crippen LogP contribution in [0.3, 0.4) is 0 Å². The quantitative estimate of drug-likeness (QED) is 0.0992. The van der Waals surface area contributed by atoms with E-state index < -0.39 is 31.0 Å². The molecule has 1 aliphatic rings. The highest BCUT2D eigenvalue weighted by molar-refractivity contribution is 7.52. The number of nitrogens with one attached hydrogen (secondary N) is 2. The minimum Gasteiger partial charge on any atom is -0.778 e. The molecule has 1 aromatic heterocycles. The second-order valence-corrected chi connectivity index (χ2v) is 13.1. The molecule has 3 rings (SSSR count). The van der Waals surface area contributed by atoms with E-state index in [2.05, 4.69) is 21.4 Å². The van der Waals surface area contributed by atoms with Gasteiger partial charge in [0.05, 0.1) is 58.5 Å². The van der Waals surface area contributed by atoms with Gasteiger partial charge in [0.15, 0.2) is 17.3 Å². The molecular weight excluding hydrogens is 625 g/mol. The number of aromatic nitrogens is 2. The van der Waals surface area contributed by atoms with E-state index in [9.17, 15) is 19.0 Å². The Bertz CT molecular complexity index is 1360. The van der Waals surface area contributed by atoms with Crippen molar-refractivity contribution >= 4 is 25.0 Å². The van der Waals surface area contributed by atoms with Crippen molar-refractivity contribution in [1.29, 1.82) is 0 Å². The van der Waals surface area contributed by atoms with Gasteiger partial charge in [0.2, 0.25) is 5.91 Å². The standard InChI is InChI=1S/C29H46N5O11P/c1-20(2)43-19-22(45-46(37,38)21(3)4)18-41-15-14-40-13-12-39-11-9-31-26(35)17-34-16-25-28(33-29(34)36)32-27-23(42-10-8-30)6-5-7-24(27)44-25/h5-7,16,20-22H,8-15,17-19,30H2,1-4H3,(H,31,35)(H,37,38)(H,32,33,36). The number of hydrogen-bond donors (Lipinski definition) is 3. The number of rotatable bonds is 22. The van der Waals surface area contributed by atoms with Crippen LogP contribution in [0.1, 0.15) is 27.7 Å². The summed E-state index contributed by atoms with van der Waals surface area (Å²) in [5, 5.41) is 5.77. The largest absolute Gasteiger partial charge is 0.778 e. The molecule has 46 heavy (non-hydrogen) atoms. The lowest BCUT2D eigenvalue weighted by Gasteiger charge is -2.32. The van der Waals surface area contributed by atoms with Gasteiger partial charge in [0, 0.05) is 12.2 Å². The van der Waals surface area contributed by atoms with E-state index in [1.807, 2.05) is 13.8 Å². The molecule has 0 aliphatic carbocycles. The number of ether oxygens (including phenoxy) is 6. The van der Waals surface area contributed by atoms with Crippen LogP contribution in [0, 0.1) is 0 Å². The number of benzene rings is 1. The van der Waals surface area contributed by atoms with Crippen LogP contribution in [-0.2, 0) is 39.4 Å². The highest BCUT2D eigenvalue weighted by Crippen LogP contribution is 2.45. The predicted molar refractivity (Wildman–Crippen MR) is 166 cm³/mol. The van der Waals surface area contributed by atoms with Gasteiger partial charge in [0.1, 0.15) is 44.8 Å². The lowest BCUT2D eigenvalue weighted by atomic mass is 10.2. The molecule has 0 saturated carbocycles. The fourth-order valence-electron chi connectivity index (χ4n) is 3.87. The highest BCUT2D eigenvalue weighted by atomic mass is 31.2. The Morgan fingerprint density at radius 3 is 2.48 bits per heavy atom. The SMILES string of the molecule is CC(C)OCC(COCCOCCOCCNC(=O)Cn1cc2c(nc1=O)Nc1c(OCC[NH3+])cccc1O2)OP(=O)([O-])C(C)C. The second-order valence-electron chi connectivity index (χ2n) is 10.8. The number of amides is 1. The zero-order valence-corrected chi connectivity index (χ0v) is 27.8. The van der Waals surface area contributed by atoms with Crippen molar-refractivity contribution in [3.8, 4) is 17.2 Å². The van der Waals surface area contributed by atoms with Crippen LogP contribution in [0.15, 0.2) is 29.2 Å². The van der Waals surface area contributed by atoms with Crippen molar-refractivity contribution < 1.29 is 52.9 Å². The minimum atomic E-state index is -4.02. The molecule has 0 saturated heterocycles. The third-order valence-electron chi connectivity index (χ3n) is 6.29. The molecule has 258 valence electrons. The fourth-order valence-corrected chi connectivity index (χ4v) is 4.66. The summed E-state index contributed by atoms with van der Waals surface area (Å²) in [6, 6.07) is 5.32. The van der Waals surface area contributed by atoms with E-state index in [4.69, 9.17) is 32.9 Å². The van der Waals surface area contributed by atoms with Crippen LogP contribution in [0.2, 0.25) is 0 Å². The Kier molecular flexibility index (Phi) is 15.4. The molecule has 1 amide bonds. The van der Waals surface area contributed by atoms with Crippen LogP contribution >= 0.6 is 7.60 Å². The molecule has 0 radical (unpaired) electrons. The van der Waals surface area contributed by atoms with Crippen LogP contribution in [0.5, 0.6) is 17.2 Å². The Labute approximate surface area is 268 Å². The van der Waals surface area contributed by atoms with E-state index in [1.165, 1.54) is 6.20 Å². The second kappa shape index (κ2) is 18.9. The first-order valence-corrected chi connectivity index (χ1v) is 16.8. The van der Waals surface area contributed by atoms with Gasteiger partial charge in [-0.2, -0.15) is 4.98 Å². The summed E-state index contributed by atoms with van der Waals surface area (Å²) in [4.78, 5) is 41.1. The maximum atomic E-state index is 12.6. The first kappa shape index (κ1) is 37.4. The molecule has 16 nitrogen and oxygen atoms in total. The molecule has 0 fully saturated rings. The number of carbonyl (C=O) groups excluding carboxylic acids is 1. The number of nitrogens with zero attached hydrogens (tertiary/aromatic N) is 2. The Morgan fingerprint density at radius 2 is 1.78 bits per heavy atom. The van der Waals surface area contributed by atoms with E-state index in [1.54, 1.807) is 32.0 Å². The number of anilines is 2. The van der Waals surface area contributed by atoms with Gasteiger partial charge >= 0.3 is 5.69 Å². The molecule has 1 aliphatic heterocycles. The molecule has 2 unspecified atom stereocenters. The summed E-state index contributed by atoms with van der Waals surface area (Å²) < 4.78 is 52.1. The van der Waals surface area contributed by atoms with Crippen LogP contribution in [-0.4, -0.2) is 99.3 Å². The van der Waals surface area contributed by atoms with Gasteiger partial charge in [-0.1, -0.05) is 19.9 Å². The fraction of sp³-hybridized carbons (Fsp3) is 0.621. The van der Waals surface area contributed by atoms with Gasteiger partial charge in [-0.3, -0.25) is 9.36 Å². The number of hydrogen-bond acceptors (Lipinski definition) is 13. The maximum Gasteiger partial charge on any atom is 0.350 e. The van der Waals surface area contributed by atoms with Gasteiger partial charge < -0.3 is 58.8 Å². The summed E-state index contributed by atoms with van der Waals surface area (Å²) in [6.45, 7) is 9.30. The van der Waals surface area contributed by atoms with Crippen molar-refractivity contribution in [2.24, 2.45) is 0 Å².